The van der Waals surface area contributed by atoms with Gasteiger partial charge in [0.15, 0.2) is 6.61 Å². The molecule has 0 radical (unpaired) electrons. The minimum absolute atomic E-state index is 0.0792. The molecule has 0 aliphatic rings. The van der Waals surface area contributed by atoms with E-state index in [4.69, 9.17) is 32.2 Å². The van der Waals surface area contributed by atoms with Gasteiger partial charge in [-0.15, -0.1) is 0 Å². The summed E-state index contributed by atoms with van der Waals surface area (Å²) in [5.41, 5.74) is 5.40. The van der Waals surface area contributed by atoms with E-state index in [2.05, 4.69) is 0 Å². The van der Waals surface area contributed by atoms with Gasteiger partial charge in [0, 0.05) is 38.2 Å². The number of carbonyl (C=O) groups is 1. The van der Waals surface area contributed by atoms with Crippen molar-refractivity contribution >= 4 is 23.1 Å². The summed E-state index contributed by atoms with van der Waals surface area (Å²) in [7, 11) is 4.77. The minimum atomic E-state index is -0.159. The molecule has 1 aromatic rings. The maximum atomic E-state index is 11.9. The molecule has 1 aromatic carbocycles. The van der Waals surface area contributed by atoms with E-state index in [1.54, 1.807) is 39.5 Å². The number of nitrogens with two attached hydrogens (primary N) is 1. The van der Waals surface area contributed by atoms with Crippen LogP contribution in [0.4, 0.5) is 0 Å². The van der Waals surface area contributed by atoms with Gasteiger partial charge in [0.2, 0.25) is 0 Å². The van der Waals surface area contributed by atoms with Crippen molar-refractivity contribution in [2.24, 2.45) is 5.73 Å². The van der Waals surface area contributed by atoms with Crippen LogP contribution in [0.15, 0.2) is 18.2 Å². The second-order valence-electron chi connectivity index (χ2n) is 4.37. The number of methoxy groups -OCH3 is 2. The van der Waals surface area contributed by atoms with Gasteiger partial charge in [-0.2, -0.15) is 0 Å². The topological polar surface area (TPSA) is 74.0 Å². The SMILES string of the molecule is COc1cc(OC)cc(OCC(=O)N(C)CCC(N)=S)c1. The summed E-state index contributed by atoms with van der Waals surface area (Å²) >= 11 is 4.78. The maximum Gasteiger partial charge on any atom is 0.260 e. The van der Waals surface area contributed by atoms with Gasteiger partial charge in [-0.25, -0.2) is 0 Å². The molecule has 1 amide bonds. The summed E-state index contributed by atoms with van der Waals surface area (Å²) in [5, 5.41) is 0. The molecule has 0 bridgehead atoms. The Balaban J connectivity index is 2.57. The highest BCUT2D eigenvalue weighted by Gasteiger charge is 2.11. The quantitative estimate of drug-likeness (QED) is 0.728. The second kappa shape index (κ2) is 8.31. The lowest BCUT2D eigenvalue weighted by Crippen LogP contribution is -2.33. The largest absolute Gasteiger partial charge is 0.496 e. The molecule has 0 saturated heterocycles. The summed E-state index contributed by atoms with van der Waals surface area (Å²) in [6.07, 6.45) is 0.491. The van der Waals surface area contributed by atoms with Crippen LogP contribution in [0.3, 0.4) is 0 Å². The molecule has 0 atom stereocenters. The van der Waals surface area contributed by atoms with Gasteiger partial charge in [0.1, 0.15) is 17.2 Å². The highest BCUT2D eigenvalue weighted by molar-refractivity contribution is 7.80. The van der Waals surface area contributed by atoms with Crippen molar-refractivity contribution in [2.75, 3.05) is 34.4 Å². The highest BCUT2D eigenvalue weighted by atomic mass is 32.1. The van der Waals surface area contributed by atoms with Crippen LogP contribution in [0.2, 0.25) is 0 Å². The summed E-state index contributed by atoms with van der Waals surface area (Å²) in [5.74, 6) is 1.53. The first-order chi connectivity index (χ1) is 9.96. The van der Waals surface area contributed by atoms with E-state index in [0.717, 1.165) is 0 Å². The molecule has 2 N–H and O–H groups in total. The predicted octanol–water partition coefficient (Wildman–Crippen LogP) is 1.22. The molecule has 0 aliphatic carbocycles. The number of benzene rings is 1. The average Bonchev–Trinajstić information content (AvgIpc) is 2.49. The fourth-order valence-electron chi connectivity index (χ4n) is 1.52. The average molecular weight is 312 g/mol. The zero-order valence-electron chi connectivity index (χ0n) is 12.4. The Morgan fingerprint density at radius 2 is 1.71 bits per heavy atom. The fraction of sp³-hybridized carbons (Fsp3) is 0.429. The van der Waals surface area contributed by atoms with Gasteiger partial charge in [-0.05, 0) is 0 Å². The van der Waals surface area contributed by atoms with E-state index in [1.807, 2.05) is 0 Å². The van der Waals surface area contributed by atoms with E-state index < -0.39 is 0 Å². The van der Waals surface area contributed by atoms with Crippen molar-refractivity contribution in [1.29, 1.82) is 0 Å². The Bertz CT molecular complexity index is 485. The van der Waals surface area contributed by atoms with Crippen LogP contribution in [0.25, 0.3) is 0 Å². The van der Waals surface area contributed by atoms with Crippen LogP contribution in [-0.4, -0.2) is 50.2 Å². The van der Waals surface area contributed by atoms with Gasteiger partial charge >= 0.3 is 0 Å². The van der Waals surface area contributed by atoms with Crippen LogP contribution in [-0.2, 0) is 4.79 Å². The van der Waals surface area contributed by atoms with Crippen molar-refractivity contribution in [1.82, 2.24) is 4.90 Å². The molecule has 0 spiro atoms. The van der Waals surface area contributed by atoms with Crippen molar-refractivity contribution < 1.29 is 19.0 Å². The molecule has 21 heavy (non-hydrogen) atoms. The van der Waals surface area contributed by atoms with Crippen LogP contribution in [0, 0.1) is 0 Å². The molecule has 6 nitrogen and oxygen atoms in total. The van der Waals surface area contributed by atoms with Crippen molar-refractivity contribution in [3.8, 4) is 17.2 Å². The molecular weight excluding hydrogens is 292 g/mol. The normalized spacial score (nSPS) is 9.86. The zero-order chi connectivity index (χ0) is 15.8. The van der Waals surface area contributed by atoms with E-state index in [1.165, 1.54) is 4.90 Å². The lowest BCUT2D eigenvalue weighted by atomic mass is 10.3. The van der Waals surface area contributed by atoms with Gasteiger partial charge < -0.3 is 24.8 Å². The minimum Gasteiger partial charge on any atom is -0.496 e. The standard InChI is InChI=1S/C14H20N2O4S/c1-16(5-4-13(15)21)14(17)9-20-12-7-10(18-2)6-11(8-12)19-3/h6-8H,4-5,9H2,1-3H3,(H2,15,21). The summed E-state index contributed by atoms with van der Waals surface area (Å²) in [4.78, 5) is 13.8. The molecule has 0 heterocycles. The Kier molecular flexibility index (Phi) is 6.74. The monoisotopic (exact) mass is 312 g/mol. The first-order valence-electron chi connectivity index (χ1n) is 6.34. The molecule has 0 aliphatic heterocycles. The number of nitrogens with zero attached hydrogens (tertiary/aromatic N) is 1. The highest BCUT2D eigenvalue weighted by Crippen LogP contribution is 2.27. The third-order valence-corrected chi connectivity index (χ3v) is 3.01. The first-order valence-corrected chi connectivity index (χ1v) is 6.75. The molecule has 0 unspecified atom stereocenters. The van der Waals surface area contributed by atoms with Crippen LogP contribution in [0.1, 0.15) is 6.42 Å². The Hall–Kier alpha value is -2.02. The van der Waals surface area contributed by atoms with E-state index in [-0.39, 0.29) is 12.5 Å². The summed E-state index contributed by atoms with van der Waals surface area (Å²) in [6.45, 7) is 0.392. The summed E-state index contributed by atoms with van der Waals surface area (Å²) in [6, 6.07) is 5.10. The van der Waals surface area contributed by atoms with E-state index in [0.29, 0.717) is 35.2 Å². The van der Waals surface area contributed by atoms with Crippen molar-refractivity contribution in [2.45, 2.75) is 6.42 Å². The lowest BCUT2D eigenvalue weighted by Gasteiger charge is -2.17. The van der Waals surface area contributed by atoms with Crippen LogP contribution in [0.5, 0.6) is 17.2 Å². The number of ether oxygens (including phenoxy) is 3. The molecule has 7 heteroatoms. The fourth-order valence-corrected chi connectivity index (χ4v) is 1.61. The number of hydrogen-bond acceptors (Lipinski definition) is 5. The number of hydrogen-bond donors (Lipinski definition) is 1. The lowest BCUT2D eigenvalue weighted by molar-refractivity contribution is -0.131. The van der Waals surface area contributed by atoms with Gasteiger partial charge in [-0.1, -0.05) is 12.2 Å². The van der Waals surface area contributed by atoms with Crippen molar-refractivity contribution in [3.63, 3.8) is 0 Å². The molecule has 0 fully saturated rings. The van der Waals surface area contributed by atoms with Crippen molar-refractivity contribution in [3.05, 3.63) is 18.2 Å². The molecule has 116 valence electrons. The van der Waals surface area contributed by atoms with Crippen LogP contribution >= 0.6 is 12.2 Å². The Labute approximate surface area is 129 Å². The summed E-state index contributed by atoms with van der Waals surface area (Å²) < 4.78 is 15.7. The number of thiocarbonyl (C=S) groups is 1. The molecule has 0 saturated carbocycles. The predicted molar refractivity (Wildman–Crippen MR) is 84.1 cm³/mol. The number of likely N-dealkylation sites (N-methyl/N-ethyl adjacent to an activating group) is 1. The van der Waals surface area contributed by atoms with E-state index in [9.17, 15) is 4.79 Å². The first kappa shape index (κ1) is 17.0. The molecule has 1 rings (SSSR count). The zero-order valence-corrected chi connectivity index (χ0v) is 13.2. The molecular formula is C14H20N2O4S. The Morgan fingerprint density at radius 3 is 2.19 bits per heavy atom. The van der Waals surface area contributed by atoms with Gasteiger partial charge in [0.25, 0.3) is 5.91 Å². The smallest absolute Gasteiger partial charge is 0.260 e. The number of carbonyl (C=O) groups excluding carboxylic acids is 1. The Morgan fingerprint density at radius 1 is 1.19 bits per heavy atom. The van der Waals surface area contributed by atoms with Gasteiger partial charge in [-0.3, -0.25) is 4.79 Å². The van der Waals surface area contributed by atoms with Gasteiger partial charge in [0.05, 0.1) is 19.2 Å². The van der Waals surface area contributed by atoms with Crippen LogP contribution < -0.4 is 19.9 Å². The molecule has 0 aromatic heterocycles. The van der Waals surface area contributed by atoms with E-state index >= 15 is 0 Å². The number of rotatable bonds is 8. The maximum absolute atomic E-state index is 11.9. The second-order valence-corrected chi connectivity index (χ2v) is 4.89. The third-order valence-electron chi connectivity index (χ3n) is 2.81. The third kappa shape index (κ3) is 5.86. The number of amides is 1.